The Labute approximate surface area is 182 Å². The Kier molecular flexibility index (Phi) is 9.55. The van der Waals surface area contributed by atoms with Gasteiger partial charge in [0.25, 0.3) is 0 Å². The van der Waals surface area contributed by atoms with Gasteiger partial charge in [0.2, 0.25) is 11.8 Å². The third kappa shape index (κ3) is 8.90. The molecule has 0 bridgehead atoms. The average Bonchev–Trinajstić information content (AvgIpc) is 2.74. The van der Waals surface area contributed by atoms with Crippen LogP contribution in [-0.4, -0.2) is 38.6 Å². The number of carbonyl (C=O) groups excluding carboxylic acids is 2. The van der Waals surface area contributed by atoms with Crippen molar-refractivity contribution in [1.29, 1.82) is 0 Å². The van der Waals surface area contributed by atoms with Crippen LogP contribution < -0.4 is 20.1 Å². The zero-order chi connectivity index (χ0) is 22.6. The van der Waals surface area contributed by atoms with E-state index < -0.39 is 0 Å². The van der Waals surface area contributed by atoms with Crippen molar-refractivity contribution in [2.75, 3.05) is 26.8 Å². The highest BCUT2D eigenvalue weighted by Crippen LogP contribution is 2.28. The highest BCUT2D eigenvalue weighted by atomic mass is 19.1. The summed E-state index contributed by atoms with van der Waals surface area (Å²) < 4.78 is 24.2. The van der Waals surface area contributed by atoms with Crippen LogP contribution in [0.3, 0.4) is 0 Å². The molecular weight excluding hydrogens is 399 g/mol. The van der Waals surface area contributed by atoms with Gasteiger partial charge in [0.15, 0.2) is 11.5 Å². The van der Waals surface area contributed by atoms with Crippen LogP contribution in [-0.2, 0) is 16.0 Å². The summed E-state index contributed by atoms with van der Waals surface area (Å²) in [7, 11) is 1.57. The Bertz CT molecular complexity index is 912. The van der Waals surface area contributed by atoms with E-state index in [0.29, 0.717) is 29.6 Å². The smallest absolute Gasteiger partial charge is 0.244 e. The van der Waals surface area contributed by atoms with E-state index in [9.17, 15) is 14.0 Å². The highest BCUT2D eigenvalue weighted by Gasteiger charge is 2.07. The molecule has 0 heterocycles. The molecule has 2 aromatic carbocycles. The number of halogens is 1. The van der Waals surface area contributed by atoms with E-state index in [4.69, 9.17) is 9.47 Å². The van der Waals surface area contributed by atoms with E-state index in [1.165, 1.54) is 18.2 Å². The van der Waals surface area contributed by atoms with Crippen LogP contribution in [0, 0.1) is 11.7 Å². The molecule has 2 amide bonds. The van der Waals surface area contributed by atoms with Crippen molar-refractivity contribution in [2.24, 2.45) is 5.92 Å². The molecule has 0 unspecified atom stereocenters. The fourth-order valence-corrected chi connectivity index (χ4v) is 2.68. The third-order valence-corrected chi connectivity index (χ3v) is 4.19. The fraction of sp³-hybridized carbons (Fsp3) is 0.333. The second kappa shape index (κ2) is 12.4. The number of benzene rings is 2. The van der Waals surface area contributed by atoms with Gasteiger partial charge >= 0.3 is 0 Å². The lowest BCUT2D eigenvalue weighted by atomic mass is 10.1. The zero-order valence-corrected chi connectivity index (χ0v) is 18.1. The highest BCUT2D eigenvalue weighted by molar-refractivity contribution is 5.91. The molecule has 7 heteroatoms. The maximum absolute atomic E-state index is 13.1. The summed E-state index contributed by atoms with van der Waals surface area (Å²) in [5.74, 6) is 0.774. The lowest BCUT2D eigenvalue weighted by molar-refractivity contribution is -0.121. The predicted octanol–water partition coefficient (Wildman–Crippen LogP) is 3.36. The summed E-state index contributed by atoms with van der Waals surface area (Å²) in [6, 6.07) is 11.4. The van der Waals surface area contributed by atoms with Crippen LogP contribution >= 0.6 is 0 Å². The van der Waals surface area contributed by atoms with Gasteiger partial charge in [-0.3, -0.25) is 9.59 Å². The van der Waals surface area contributed by atoms with Crippen LogP contribution in [0.15, 0.2) is 48.5 Å². The van der Waals surface area contributed by atoms with Gasteiger partial charge in [-0.2, -0.15) is 0 Å². The summed E-state index contributed by atoms with van der Waals surface area (Å²) >= 11 is 0. The normalized spacial score (nSPS) is 10.9. The number of hydrogen-bond donors (Lipinski definition) is 2. The van der Waals surface area contributed by atoms with Crippen LogP contribution in [0.2, 0.25) is 0 Å². The van der Waals surface area contributed by atoms with E-state index in [1.807, 2.05) is 12.1 Å². The second-order valence-electron chi connectivity index (χ2n) is 7.40. The van der Waals surface area contributed by atoms with E-state index in [1.54, 1.807) is 31.4 Å². The number of carbonyl (C=O) groups is 2. The molecule has 2 N–H and O–H groups in total. The van der Waals surface area contributed by atoms with Crippen LogP contribution in [0.5, 0.6) is 11.5 Å². The minimum atomic E-state index is -0.375. The van der Waals surface area contributed by atoms with Gasteiger partial charge < -0.3 is 20.1 Å². The number of amides is 2. The van der Waals surface area contributed by atoms with Crippen molar-refractivity contribution in [2.45, 2.75) is 20.3 Å². The summed E-state index contributed by atoms with van der Waals surface area (Å²) in [6.07, 6.45) is 3.18. The van der Waals surface area contributed by atoms with Crippen molar-refractivity contribution in [3.05, 3.63) is 65.5 Å². The van der Waals surface area contributed by atoms with E-state index in [2.05, 4.69) is 24.5 Å². The number of methoxy groups -OCH3 is 1. The summed E-state index contributed by atoms with van der Waals surface area (Å²) in [4.78, 5) is 23.8. The van der Waals surface area contributed by atoms with Gasteiger partial charge in [-0.25, -0.2) is 4.39 Å². The van der Waals surface area contributed by atoms with Gasteiger partial charge in [0.1, 0.15) is 5.82 Å². The summed E-state index contributed by atoms with van der Waals surface area (Å²) in [5.41, 5.74) is 1.40. The Balaban J connectivity index is 1.74. The molecular formula is C24H29FN2O4. The fourth-order valence-electron chi connectivity index (χ4n) is 2.68. The van der Waals surface area contributed by atoms with Crippen molar-refractivity contribution >= 4 is 17.9 Å². The molecule has 0 spiro atoms. The van der Waals surface area contributed by atoms with Gasteiger partial charge in [0, 0.05) is 19.2 Å². The van der Waals surface area contributed by atoms with E-state index in [0.717, 1.165) is 5.56 Å². The van der Waals surface area contributed by atoms with Gasteiger partial charge in [0.05, 0.1) is 20.1 Å². The van der Waals surface area contributed by atoms with Crippen molar-refractivity contribution in [1.82, 2.24) is 10.6 Å². The maximum Gasteiger partial charge on any atom is 0.244 e. The minimum absolute atomic E-state index is 0.0876. The van der Waals surface area contributed by atoms with Gasteiger partial charge in [-0.15, -0.1) is 0 Å². The standard InChI is InChI=1S/C24H29FN2O4/c1-17(2)16-31-21-9-7-18(14-22(21)30-3)8-10-23(28)26-11-12-27-24(29)15-19-5-4-6-20(25)13-19/h4-10,13-14,17H,11-12,15-16H2,1-3H3,(H,26,28)(H,27,29)/b10-8+. The molecule has 0 aromatic heterocycles. The lowest BCUT2D eigenvalue weighted by Crippen LogP contribution is -2.34. The summed E-state index contributed by atoms with van der Waals surface area (Å²) in [6.45, 7) is 5.29. The molecule has 0 aliphatic rings. The minimum Gasteiger partial charge on any atom is -0.493 e. The molecule has 31 heavy (non-hydrogen) atoms. The van der Waals surface area contributed by atoms with Crippen molar-refractivity contribution in [3.63, 3.8) is 0 Å². The molecule has 0 radical (unpaired) electrons. The first kappa shape index (κ1) is 23.9. The molecule has 166 valence electrons. The SMILES string of the molecule is COc1cc(/C=C/C(=O)NCCNC(=O)Cc2cccc(F)c2)ccc1OCC(C)C. The van der Waals surface area contributed by atoms with Gasteiger partial charge in [-0.05, 0) is 47.4 Å². The molecule has 0 fully saturated rings. The zero-order valence-electron chi connectivity index (χ0n) is 18.1. The Morgan fingerprint density at radius 3 is 2.55 bits per heavy atom. The first-order valence-corrected chi connectivity index (χ1v) is 10.1. The summed E-state index contributed by atoms with van der Waals surface area (Å²) in [5, 5.41) is 5.39. The van der Waals surface area contributed by atoms with E-state index in [-0.39, 0.29) is 37.1 Å². The molecule has 0 aliphatic heterocycles. The molecule has 0 aliphatic carbocycles. The topological polar surface area (TPSA) is 76.7 Å². The quantitative estimate of drug-likeness (QED) is 0.425. The van der Waals surface area contributed by atoms with Crippen LogP contribution in [0.4, 0.5) is 4.39 Å². The second-order valence-corrected chi connectivity index (χ2v) is 7.40. The molecule has 2 aromatic rings. The average molecular weight is 429 g/mol. The van der Waals surface area contributed by atoms with Crippen molar-refractivity contribution < 1.29 is 23.5 Å². The number of hydrogen-bond acceptors (Lipinski definition) is 4. The van der Waals surface area contributed by atoms with Crippen LogP contribution in [0.1, 0.15) is 25.0 Å². The number of nitrogens with one attached hydrogen (secondary N) is 2. The monoisotopic (exact) mass is 428 g/mol. The van der Waals surface area contributed by atoms with Crippen LogP contribution in [0.25, 0.3) is 6.08 Å². The van der Waals surface area contributed by atoms with E-state index >= 15 is 0 Å². The Morgan fingerprint density at radius 2 is 1.84 bits per heavy atom. The number of ether oxygens (including phenoxy) is 2. The third-order valence-electron chi connectivity index (χ3n) is 4.19. The molecule has 0 saturated carbocycles. The first-order chi connectivity index (χ1) is 14.9. The largest absolute Gasteiger partial charge is 0.493 e. The maximum atomic E-state index is 13.1. The lowest BCUT2D eigenvalue weighted by Gasteiger charge is -2.12. The first-order valence-electron chi connectivity index (χ1n) is 10.1. The van der Waals surface area contributed by atoms with Gasteiger partial charge in [-0.1, -0.05) is 32.0 Å². The molecule has 0 saturated heterocycles. The molecule has 2 rings (SSSR count). The van der Waals surface area contributed by atoms with Crippen molar-refractivity contribution in [3.8, 4) is 11.5 Å². The predicted molar refractivity (Wildman–Crippen MR) is 118 cm³/mol. The molecule has 0 atom stereocenters. The Morgan fingerprint density at radius 1 is 1.06 bits per heavy atom. The number of rotatable bonds is 11. The Hall–Kier alpha value is -3.35. The molecule has 6 nitrogen and oxygen atoms in total.